The lowest BCUT2D eigenvalue weighted by Gasteiger charge is -2.11. The fourth-order valence-electron chi connectivity index (χ4n) is 1.26. The van der Waals surface area contributed by atoms with Crippen molar-refractivity contribution in [2.45, 2.75) is 13.3 Å². The summed E-state index contributed by atoms with van der Waals surface area (Å²) in [5.74, 6) is -1.12. The van der Waals surface area contributed by atoms with Crippen molar-refractivity contribution in [1.82, 2.24) is 0 Å². The van der Waals surface area contributed by atoms with E-state index >= 15 is 0 Å². The normalized spacial score (nSPS) is 10.1. The summed E-state index contributed by atoms with van der Waals surface area (Å²) < 4.78 is 18.3. The molecule has 0 aliphatic heterocycles. The van der Waals surface area contributed by atoms with E-state index in [9.17, 15) is 14.3 Å². The average molecular weight is 277 g/mol. The number of Topliss-reactive ketones (excluding diaryl/α,β-unsaturated/α-hetero) is 1. The third kappa shape index (κ3) is 2.47. The minimum absolute atomic E-state index is 0.0684. The Hall–Kier alpha value is -1.10. The molecule has 82 valence electrons. The minimum Gasteiger partial charge on any atom is -0.504 e. The molecule has 3 nitrogen and oxygen atoms in total. The maximum atomic E-state index is 13.2. The van der Waals surface area contributed by atoms with Crippen LogP contribution >= 0.6 is 15.9 Å². The molecule has 1 N–H and O–H groups in total. The Balaban J connectivity index is 3.31. The lowest BCUT2D eigenvalue weighted by Crippen LogP contribution is -2.01. The average Bonchev–Trinajstić information content (AvgIpc) is 2.14. The van der Waals surface area contributed by atoms with E-state index < -0.39 is 11.6 Å². The van der Waals surface area contributed by atoms with Crippen LogP contribution < -0.4 is 4.74 Å². The highest BCUT2D eigenvalue weighted by Crippen LogP contribution is 2.38. The molecule has 1 aromatic rings. The number of ketones is 1. The van der Waals surface area contributed by atoms with Gasteiger partial charge in [-0.1, -0.05) is 0 Å². The van der Waals surface area contributed by atoms with Crippen LogP contribution in [-0.4, -0.2) is 18.0 Å². The molecule has 0 radical (unpaired) electrons. The summed E-state index contributed by atoms with van der Waals surface area (Å²) in [6.45, 7) is 1.40. The Labute approximate surface area is 95.0 Å². The number of methoxy groups -OCH3 is 1. The van der Waals surface area contributed by atoms with E-state index in [4.69, 9.17) is 4.74 Å². The second-order valence-corrected chi connectivity index (χ2v) is 3.89. The van der Waals surface area contributed by atoms with Crippen molar-refractivity contribution >= 4 is 21.7 Å². The second kappa shape index (κ2) is 4.61. The van der Waals surface area contributed by atoms with Gasteiger partial charge >= 0.3 is 0 Å². The topological polar surface area (TPSA) is 46.5 Å². The number of carbonyl (C=O) groups is 1. The molecule has 0 amide bonds. The van der Waals surface area contributed by atoms with Gasteiger partial charge in [0, 0.05) is 12.0 Å². The first-order valence-electron chi connectivity index (χ1n) is 4.20. The van der Waals surface area contributed by atoms with Crippen LogP contribution in [0, 0.1) is 5.82 Å². The molecule has 0 bridgehead atoms. The lowest BCUT2D eigenvalue weighted by molar-refractivity contribution is -0.116. The predicted octanol–water partition coefficient (Wildman–Crippen LogP) is 2.43. The number of phenolic OH excluding ortho intramolecular Hbond substituents is 1. The van der Waals surface area contributed by atoms with Gasteiger partial charge in [-0.25, -0.2) is 4.39 Å². The number of hydrogen-bond acceptors (Lipinski definition) is 3. The van der Waals surface area contributed by atoms with Gasteiger partial charge in [0.25, 0.3) is 0 Å². The summed E-state index contributed by atoms with van der Waals surface area (Å²) >= 11 is 3.01. The van der Waals surface area contributed by atoms with Crippen LogP contribution in [0.5, 0.6) is 11.5 Å². The molecule has 0 spiro atoms. The van der Waals surface area contributed by atoms with E-state index in [2.05, 4.69) is 15.9 Å². The summed E-state index contributed by atoms with van der Waals surface area (Å²) in [6.07, 6.45) is 0.0684. The molecule has 1 rings (SSSR count). The Morgan fingerprint density at radius 2 is 2.27 bits per heavy atom. The smallest absolute Gasteiger partial charge is 0.169 e. The number of ether oxygens (including phenoxy) is 1. The van der Waals surface area contributed by atoms with Gasteiger partial charge < -0.3 is 9.84 Å². The lowest BCUT2D eigenvalue weighted by atomic mass is 10.1. The van der Waals surface area contributed by atoms with Crippen molar-refractivity contribution in [3.05, 3.63) is 21.9 Å². The van der Waals surface area contributed by atoms with Crippen LogP contribution in [-0.2, 0) is 11.2 Å². The molecule has 0 atom stereocenters. The third-order valence-corrected chi connectivity index (χ3v) is 2.61. The zero-order valence-corrected chi connectivity index (χ0v) is 9.89. The Morgan fingerprint density at radius 1 is 1.67 bits per heavy atom. The first-order valence-corrected chi connectivity index (χ1v) is 5.00. The first kappa shape index (κ1) is 12.0. The summed E-state index contributed by atoms with van der Waals surface area (Å²) in [4.78, 5) is 10.9. The number of hydrogen-bond donors (Lipinski definition) is 1. The summed E-state index contributed by atoms with van der Waals surface area (Å²) in [5.41, 5.74) is 0.409. The van der Waals surface area contributed by atoms with Gasteiger partial charge in [-0.15, -0.1) is 0 Å². The Kier molecular flexibility index (Phi) is 3.68. The van der Waals surface area contributed by atoms with Gasteiger partial charge in [0.15, 0.2) is 11.6 Å². The molecule has 15 heavy (non-hydrogen) atoms. The molecule has 0 saturated carbocycles. The van der Waals surface area contributed by atoms with Gasteiger partial charge in [-0.2, -0.15) is 0 Å². The maximum absolute atomic E-state index is 13.2. The largest absolute Gasteiger partial charge is 0.504 e. The van der Waals surface area contributed by atoms with Crippen LogP contribution in [0.3, 0.4) is 0 Å². The van der Waals surface area contributed by atoms with Crippen LogP contribution in [0.15, 0.2) is 10.5 Å². The van der Waals surface area contributed by atoms with Crippen molar-refractivity contribution in [2.24, 2.45) is 0 Å². The van der Waals surface area contributed by atoms with E-state index in [0.29, 0.717) is 5.56 Å². The van der Waals surface area contributed by atoms with Crippen molar-refractivity contribution in [1.29, 1.82) is 0 Å². The molecule has 0 aliphatic rings. The molecule has 0 heterocycles. The standard InChI is InChI=1S/C10H10BrFO3/c1-5(13)3-6-4-7(12)9(14)8(11)10(6)15-2/h4,14H,3H2,1-2H3. The highest BCUT2D eigenvalue weighted by molar-refractivity contribution is 9.10. The SMILES string of the molecule is COc1c(CC(C)=O)cc(F)c(O)c1Br. The van der Waals surface area contributed by atoms with Gasteiger partial charge in [-0.3, -0.25) is 4.79 Å². The molecule has 0 saturated heterocycles. The molecule has 5 heteroatoms. The van der Waals surface area contributed by atoms with Gasteiger partial charge in [-0.05, 0) is 28.9 Å². The molecular formula is C10H10BrFO3. The summed E-state index contributed by atoms with van der Waals surface area (Å²) in [7, 11) is 1.39. The zero-order chi connectivity index (χ0) is 11.6. The van der Waals surface area contributed by atoms with Crippen LogP contribution in [0.1, 0.15) is 12.5 Å². The molecule has 0 aliphatic carbocycles. The van der Waals surface area contributed by atoms with Crippen LogP contribution in [0.25, 0.3) is 0 Å². The number of benzene rings is 1. The van der Waals surface area contributed by atoms with Gasteiger partial charge in [0.2, 0.25) is 0 Å². The van der Waals surface area contributed by atoms with E-state index in [0.717, 1.165) is 6.07 Å². The number of carbonyl (C=O) groups excluding carboxylic acids is 1. The molecular weight excluding hydrogens is 267 g/mol. The van der Waals surface area contributed by atoms with E-state index in [1.807, 2.05) is 0 Å². The molecule has 0 fully saturated rings. The van der Waals surface area contributed by atoms with Crippen molar-refractivity contribution in [3.63, 3.8) is 0 Å². The van der Waals surface area contributed by atoms with Crippen molar-refractivity contribution in [3.8, 4) is 11.5 Å². The van der Waals surface area contributed by atoms with Crippen molar-refractivity contribution < 1.29 is 19.0 Å². The Bertz CT molecular complexity index is 404. The fourth-order valence-corrected chi connectivity index (χ4v) is 1.87. The molecule has 0 unspecified atom stereocenters. The number of rotatable bonds is 3. The van der Waals surface area contributed by atoms with Crippen LogP contribution in [0.4, 0.5) is 4.39 Å². The third-order valence-electron chi connectivity index (χ3n) is 1.87. The number of aromatic hydroxyl groups is 1. The predicted molar refractivity (Wildman–Crippen MR) is 56.7 cm³/mol. The Morgan fingerprint density at radius 3 is 2.73 bits per heavy atom. The number of halogens is 2. The molecule has 1 aromatic carbocycles. The summed E-state index contributed by atoms with van der Waals surface area (Å²) in [6, 6.07) is 1.10. The minimum atomic E-state index is -0.779. The zero-order valence-electron chi connectivity index (χ0n) is 8.30. The van der Waals surface area contributed by atoms with Gasteiger partial charge in [0.1, 0.15) is 16.0 Å². The quantitative estimate of drug-likeness (QED) is 0.923. The highest BCUT2D eigenvalue weighted by atomic mass is 79.9. The van der Waals surface area contributed by atoms with E-state index in [1.165, 1.54) is 14.0 Å². The van der Waals surface area contributed by atoms with E-state index in [-0.39, 0.29) is 22.4 Å². The summed E-state index contributed by atoms with van der Waals surface area (Å²) in [5, 5.41) is 9.29. The second-order valence-electron chi connectivity index (χ2n) is 3.09. The van der Waals surface area contributed by atoms with Crippen LogP contribution in [0.2, 0.25) is 0 Å². The van der Waals surface area contributed by atoms with Gasteiger partial charge in [0.05, 0.1) is 7.11 Å². The van der Waals surface area contributed by atoms with E-state index in [1.54, 1.807) is 0 Å². The molecule has 0 aromatic heterocycles. The maximum Gasteiger partial charge on any atom is 0.169 e. The number of phenols is 1. The highest BCUT2D eigenvalue weighted by Gasteiger charge is 2.17. The first-order chi connectivity index (χ1) is 6.97. The monoisotopic (exact) mass is 276 g/mol. The van der Waals surface area contributed by atoms with Crippen molar-refractivity contribution in [2.75, 3.05) is 7.11 Å². The fraction of sp³-hybridized carbons (Fsp3) is 0.300.